The fraction of sp³-hybridized carbons (Fsp3) is 0.280. The molecule has 192 valence electrons. The van der Waals surface area contributed by atoms with Gasteiger partial charge in [-0.1, -0.05) is 47.5 Å². The second-order valence-electron chi connectivity index (χ2n) is 8.50. The highest BCUT2D eigenvalue weighted by atomic mass is 35.5. The summed E-state index contributed by atoms with van der Waals surface area (Å²) in [7, 11) is 0. The van der Waals surface area contributed by atoms with Gasteiger partial charge in [-0.05, 0) is 53.6 Å². The quantitative estimate of drug-likeness (QED) is 0.334. The van der Waals surface area contributed by atoms with Crippen LogP contribution in [0, 0.1) is 0 Å². The second-order valence-corrected chi connectivity index (χ2v) is 9.37. The second kappa shape index (κ2) is 10.0. The summed E-state index contributed by atoms with van der Waals surface area (Å²) < 4.78 is 80.2. The minimum absolute atomic E-state index is 0.0486. The Balaban J connectivity index is 1.81. The maximum Gasteiger partial charge on any atom is 0.416 e. The van der Waals surface area contributed by atoms with E-state index >= 15 is 0 Å². The number of anilines is 2. The highest BCUT2D eigenvalue weighted by Crippen LogP contribution is 2.43. The first-order chi connectivity index (χ1) is 16.8. The molecule has 0 saturated carbocycles. The summed E-state index contributed by atoms with van der Waals surface area (Å²) in [5, 5.41) is 10.7. The molecule has 2 atom stereocenters. The number of aliphatic hydroxyl groups excluding tert-OH is 1. The van der Waals surface area contributed by atoms with Crippen LogP contribution in [0.2, 0.25) is 10.0 Å². The Labute approximate surface area is 213 Å². The summed E-state index contributed by atoms with van der Waals surface area (Å²) >= 11 is 12.2. The molecule has 0 bridgehead atoms. The minimum atomic E-state index is -4.90. The van der Waals surface area contributed by atoms with Gasteiger partial charge in [-0.15, -0.1) is 0 Å². The van der Waals surface area contributed by atoms with Crippen molar-refractivity contribution < 1.29 is 31.4 Å². The van der Waals surface area contributed by atoms with Crippen LogP contribution < -0.4 is 9.80 Å². The van der Waals surface area contributed by atoms with Gasteiger partial charge < -0.3 is 14.9 Å². The van der Waals surface area contributed by atoms with Gasteiger partial charge in [0.05, 0.1) is 29.5 Å². The predicted molar refractivity (Wildman–Crippen MR) is 128 cm³/mol. The number of hydrogen-bond donors (Lipinski definition) is 1. The third kappa shape index (κ3) is 5.85. The molecule has 1 N–H and O–H groups in total. The van der Waals surface area contributed by atoms with Gasteiger partial charge in [-0.2, -0.15) is 26.3 Å². The van der Waals surface area contributed by atoms with Crippen molar-refractivity contribution in [1.29, 1.82) is 0 Å². The summed E-state index contributed by atoms with van der Waals surface area (Å²) in [4.78, 5) is 3.16. The molecule has 3 nitrogen and oxygen atoms in total. The molecule has 0 aliphatic carbocycles. The molecule has 1 unspecified atom stereocenters. The van der Waals surface area contributed by atoms with Gasteiger partial charge in [0.25, 0.3) is 0 Å². The Hall–Kier alpha value is -2.62. The van der Waals surface area contributed by atoms with E-state index in [1.165, 1.54) is 17.0 Å². The number of nitrogens with zero attached hydrogens (tertiary/aromatic N) is 2. The first kappa shape index (κ1) is 26.4. The van der Waals surface area contributed by atoms with Crippen LogP contribution in [0.1, 0.15) is 22.7 Å². The number of hydrogen-bond acceptors (Lipinski definition) is 3. The molecule has 1 aliphatic rings. The van der Waals surface area contributed by atoms with Crippen LogP contribution in [0.3, 0.4) is 0 Å². The minimum Gasteiger partial charge on any atom is -0.382 e. The van der Waals surface area contributed by atoms with Crippen LogP contribution in [0.4, 0.5) is 37.7 Å². The van der Waals surface area contributed by atoms with E-state index in [0.717, 1.165) is 12.1 Å². The van der Waals surface area contributed by atoms with Crippen molar-refractivity contribution in [1.82, 2.24) is 0 Å². The number of alkyl halides is 6. The summed E-state index contributed by atoms with van der Waals surface area (Å²) in [6.45, 7) is -0.548. The van der Waals surface area contributed by atoms with E-state index in [0.29, 0.717) is 27.0 Å². The Kier molecular flexibility index (Phi) is 7.37. The zero-order valence-electron chi connectivity index (χ0n) is 18.5. The fourth-order valence-electron chi connectivity index (χ4n) is 4.34. The number of fused-ring (bicyclic) bond motifs is 1. The standard InChI is InChI=1S/C25H20Cl2F6N2O/c26-18-8-15(9-19(27)11-18)12-34-13-22(16-4-3-5-17(10-16)24(28,29)30)35(14-23(36)25(31,32)33)21-7-2-1-6-20(21)34/h1-11,22-23,36H,12-14H2/t22?,23-/m1/s1. The molecule has 1 heterocycles. The van der Waals surface area contributed by atoms with Crippen LogP contribution in [-0.4, -0.2) is 30.5 Å². The van der Waals surface area contributed by atoms with E-state index in [4.69, 9.17) is 23.2 Å². The zero-order chi connectivity index (χ0) is 26.3. The molecule has 36 heavy (non-hydrogen) atoms. The Morgan fingerprint density at radius 2 is 1.50 bits per heavy atom. The summed E-state index contributed by atoms with van der Waals surface area (Å²) in [6, 6.07) is 15.1. The van der Waals surface area contributed by atoms with Crippen molar-refractivity contribution in [2.75, 3.05) is 22.9 Å². The first-order valence-electron chi connectivity index (χ1n) is 10.8. The van der Waals surface area contributed by atoms with Crippen molar-refractivity contribution in [3.8, 4) is 0 Å². The summed E-state index contributed by atoms with van der Waals surface area (Å²) in [5.74, 6) is 0. The molecule has 0 spiro atoms. The smallest absolute Gasteiger partial charge is 0.382 e. The van der Waals surface area contributed by atoms with Gasteiger partial charge in [-0.25, -0.2) is 0 Å². The molecule has 0 radical (unpaired) electrons. The topological polar surface area (TPSA) is 26.7 Å². The molecule has 11 heteroatoms. The van der Waals surface area contributed by atoms with E-state index in [2.05, 4.69) is 0 Å². The number of rotatable bonds is 5. The van der Waals surface area contributed by atoms with Crippen molar-refractivity contribution in [2.24, 2.45) is 0 Å². The molecule has 0 aromatic heterocycles. The van der Waals surface area contributed by atoms with Gasteiger partial charge >= 0.3 is 12.4 Å². The molecule has 3 aromatic carbocycles. The van der Waals surface area contributed by atoms with Gasteiger partial charge in [0, 0.05) is 23.1 Å². The van der Waals surface area contributed by atoms with Crippen LogP contribution >= 0.6 is 23.2 Å². The average Bonchev–Trinajstić information content (AvgIpc) is 2.78. The van der Waals surface area contributed by atoms with Crippen molar-refractivity contribution in [3.63, 3.8) is 0 Å². The number of halogens is 8. The van der Waals surface area contributed by atoms with Crippen LogP contribution in [0.5, 0.6) is 0 Å². The van der Waals surface area contributed by atoms with Crippen molar-refractivity contribution in [2.45, 2.75) is 31.0 Å². The fourth-order valence-corrected chi connectivity index (χ4v) is 4.91. The molecule has 3 aromatic rings. The van der Waals surface area contributed by atoms with Crippen LogP contribution in [-0.2, 0) is 12.7 Å². The molecule has 0 fully saturated rings. The van der Waals surface area contributed by atoms with E-state index in [9.17, 15) is 31.4 Å². The van der Waals surface area contributed by atoms with Crippen molar-refractivity contribution >= 4 is 34.6 Å². The van der Waals surface area contributed by atoms with Gasteiger partial charge in [-0.3, -0.25) is 0 Å². The van der Waals surface area contributed by atoms with E-state index in [1.807, 2.05) is 4.90 Å². The van der Waals surface area contributed by atoms with Crippen LogP contribution in [0.15, 0.2) is 66.7 Å². The lowest BCUT2D eigenvalue weighted by atomic mass is 9.96. The predicted octanol–water partition coefficient (Wildman–Crippen LogP) is 7.50. The first-order valence-corrected chi connectivity index (χ1v) is 11.6. The Bertz CT molecular complexity index is 1210. The summed E-state index contributed by atoms with van der Waals surface area (Å²) in [5.41, 5.74) is 0.883. The van der Waals surface area contributed by atoms with E-state index < -0.39 is 36.6 Å². The Morgan fingerprint density at radius 1 is 0.861 bits per heavy atom. The zero-order valence-corrected chi connectivity index (χ0v) is 20.0. The largest absolute Gasteiger partial charge is 0.416 e. The highest BCUT2D eigenvalue weighted by molar-refractivity contribution is 6.34. The summed E-state index contributed by atoms with van der Waals surface area (Å²) in [6.07, 6.45) is -12.2. The lowest BCUT2D eigenvalue weighted by Gasteiger charge is -2.46. The lowest BCUT2D eigenvalue weighted by Crippen LogP contribution is -2.49. The molecule has 1 aliphatic heterocycles. The van der Waals surface area contributed by atoms with Gasteiger partial charge in [0.2, 0.25) is 0 Å². The van der Waals surface area contributed by atoms with Crippen LogP contribution in [0.25, 0.3) is 0 Å². The van der Waals surface area contributed by atoms with Gasteiger partial charge in [0.1, 0.15) is 0 Å². The van der Waals surface area contributed by atoms with Crippen molar-refractivity contribution in [3.05, 3.63) is 93.5 Å². The SMILES string of the molecule is O[C@H](CN1c2ccccc2N(Cc2cc(Cl)cc(Cl)c2)CC1c1cccc(C(F)(F)F)c1)C(F)(F)F. The van der Waals surface area contributed by atoms with E-state index in [-0.39, 0.29) is 18.7 Å². The lowest BCUT2D eigenvalue weighted by molar-refractivity contribution is -0.200. The van der Waals surface area contributed by atoms with E-state index in [1.54, 1.807) is 42.5 Å². The maximum atomic E-state index is 13.4. The third-order valence-electron chi connectivity index (χ3n) is 5.94. The average molecular weight is 549 g/mol. The highest BCUT2D eigenvalue weighted by Gasteiger charge is 2.42. The number of aliphatic hydroxyl groups is 1. The molecule has 0 saturated heterocycles. The maximum absolute atomic E-state index is 13.4. The normalized spacial score (nSPS) is 17.2. The number of para-hydroxylation sites is 2. The Morgan fingerprint density at radius 3 is 2.11 bits per heavy atom. The third-order valence-corrected chi connectivity index (χ3v) is 6.38. The number of benzene rings is 3. The van der Waals surface area contributed by atoms with Gasteiger partial charge in [0.15, 0.2) is 6.10 Å². The molecule has 0 amide bonds. The molecular formula is C25H20Cl2F6N2O. The number of β-amino-alcohol motifs (C(OH)–C–C–N with tert-alkyl or cyclic N) is 1. The molecule has 4 rings (SSSR count). The monoisotopic (exact) mass is 548 g/mol. The molecular weight excluding hydrogens is 529 g/mol.